The SMILES string of the molecule is COc1ccccc1[C@@H](O)[C@H]1CCC2C(=O)N(Cc3cccc4ccccc34)C(=O)C2N1. The molecule has 2 amide bonds. The summed E-state index contributed by atoms with van der Waals surface area (Å²) in [7, 11) is 1.57. The highest BCUT2D eigenvalue weighted by Crippen LogP contribution is 2.36. The number of imide groups is 1. The summed E-state index contributed by atoms with van der Waals surface area (Å²) in [6.45, 7) is 0.257. The van der Waals surface area contributed by atoms with Crippen LogP contribution in [0, 0.1) is 5.92 Å². The molecule has 6 heteroatoms. The molecule has 2 unspecified atom stereocenters. The standard InChI is InChI=1S/C26H26N2O4/c1-32-22-12-5-4-11-19(22)24(29)21-14-13-20-23(27-21)26(31)28(25(20)30)15-17-9-6-8-16-7-2-3-10-18(16)17/h2-12,20-21,23-24,27,29H,13-15H2,1H3/t20?,21-,23?,24-/m1/s1. The van der Waals surface area contributed by atoms with Gasteiger partial charge in [0.1, 0.15) is 5.75 Å². The molecule has 2 aliphatic heterocycles. The second kappa shape index (κ2) is 8.37. The van der Waals surface area contributed by atoms with Crippen molar-refractivity contribution in [2.45, 2.75) is 37.6 Å². The number of piperidine rings is 1. The second-order valence-electron chi connectivity index (χ2n) is 8.52. The van der Waals surface area contributed by atoms with E-state index in [9.17, 15) is 14.7 Å². The van der Waals surface area contributed by atoms with Crippen LogP contribution in [0.2, 0.25) is 0 Å². The first-order valence-corrected chi connectivity index (χ1v) is 11.0. The molecule has 0 bridgehead atoms. The van der Waals surface area contributed by atoms with Gasteiger partial charge in [0.15, 0.2) is 0 Å². The fourth-order valence-electron chi connectivity index (χ4n) is 5.08. The van der Waals surface area contributed by atoms with Gasteiger partial charge in [-0.3, -0.25) is 19.8 Å². The van der Waals surface area contributed by atoms with Crippen molar-refractivity contribution in [1.29, 1.82) is 0 Å². The van der Waals surface area contributed by atoms with E-state index >= 15 is 0 Å². The Kier molecular flexibility index (Phi) is 5.41. The number of ether oxygens (including phenoxy) is 1. The van der Waals surface area contributed by atoms with Crippen LogP contribution in [0.15, 0.2) is 66.7 Å². The van der Waals surface area contributed by atoms with E-state index in [0.717, 1.165) is 16.3 Å². The molecule has 2 heterocycles. The normalized spacial score (nSPS) is 23.9. The predicted octanol–water partition coefficient (Wildman–Crippen LogP) is 3.19. The number of aliphatic hydroxyl groups is 1. The molecule has 4 atom stereocenters. The quantitative estimate of drug-likeness (QED) is 0.608. The molecule has 3 aromatic rings. The minimum Gasteiger partial charge on any atom is -0.496 e. The number of nitrogens with one attached hydrogen (secondary N) is 1. The summed E-state index contributed by atoms with van der Waals surface area (Å²) in [5.41, 5.74) is 1.63. The number of carbonyl (C=O) groups is 2. The van der Waals surface area contributed by atoms with Crippen LogP contribution in [0.5, 0.6) is 5.75 Å². The number of hydrogen-bond acceptors (Lipinski definition) is 5. The van der Waals surface area contributed by atoms with Gasteiger partial charge in [0.25, 0.3) is 0 Å². The third-order valence-electron chi connectivity index (χ3n) is 6.75. The van der Waals surface area contributed by atoms with E-state index in [-0.39, 0.29) is 24.4 Å². The van der Waals surface area contributed by atoms with E-state index < -0.39 is 18.1 Å². The third kappa shape index (κ3) is 3.45. The molecule has 2 saturated heterocycles. The van der Waals surface area contributed by atoms with E-state index in [0.29, 0.717) is 24.2 Å². The number of fused-ring (bicyclic) bond motifs is 2. The minimum atomic E-state index is -0.831. The summed E-state index contributed by atoms with van der Waals surface area (Å²) in [5, 5.41) is 16.4. The zero-order valence-corrected chi connectivity index (χ0v) is 17.9. The molecular formula is C26H26N2O4. The van der Waals surface area contributed by atoms with Gasteiger partial charge < -0.3 is 9.84 Å². The average molecular weight is 431 g/mol. The van der Waals surface area contributed by atoms with Gasteiger partial charge in [-0.1, -0.05) is 60.7 Å². The molecule has 3 aromatic carbocycles. The summed E-state index contributed by atoms with van der Waals surface area (Å²) in [6, 6.07) is 20.3. The van der Waals surface area contributed by atoms with Crippen LogP contribution in [0.1, 0.15) is 30.1 Å². The third-order valence-corrected chi connectivity index (χ3v) is 6.75. The van der Waals surface area contributed by atoms with Gasteiger partial charge in [-0.2, -0.15) is 0 Å². The maximum absolute atomic E-state index is 13.3. The zero-order valence-electron chi connectivity index (χ0n) is 17.9. The highest BCUT2D eigenvalue weighted by atomic mass is 16.5. The van der Waals surface area contributed by atoms with Crippen molar-refractivity contribution in [2.24, 2.45) is 5.92 Å². The summed E-state index contributed by atoms with van der Waals surface area (Å²) in [5.74, 6) is -0.135. The van der Waals surface area contributed by atoms with Crippen LogP contribution in [0.4, 0.5) is 0 Å². The lowest BCUT2D eigenvalue weighted by atomic mass is 9.85. The molecule has 0 aliphatic carbocycles. The summed E-state index contributed by atoms with van der Waals surface area (Å²) in [4.78, 5) is 27.8. The maximum atomic E-state index is 13.3. The van der Waals surface area contributed by atoms with E-state index in [1.165, 1.54) is 4.90 Å². The number of likely N-dealkylation sites (tertiary alicyclic amines) is 1. The van der Waals surface area contributed by atoms with Gasteiger partial charge in [0.05, 0.1) is 31.7 Å². The number of nitrogens with zero attached hydrogens (tertiary/aromatic N) is 1. The van der Waals surface area contributed by atoms with E-state index in [4.69, 9.17) is 4.74 Å². The Morgan fingerprint density at radius 1 is 1.00 bits per heavy atom. The van der Waals surface area contributed by atoms with E-state index in [1.807, 2.05) is 60.7 Å². The first kappa shape index (κ1) is 20.7. The van der Waals surface area contributed by atoms with Gasteiger partial charge in [0.2, 0.25) is 11.8 Å². The number of para-hydroxylation sites is 1. The van der Waals surface area contributed by atoms with Crippen LogP contribution < -0.4 is 10.1 Å². The predicted molar refractivity (Wildman–Crippen MR) is 121 cm³/mol. The molecule has 0 spiro atoms. The highest BCUT2D eigenvalue weighted by Gasteiger charge is 2.51. The van der Waals surface area contributed by atoms with Gasteiger partial charge >= 0.3 is 0 Å². The number of benzene rings is 3. The van der Waals surface area contributed by atoms with Gasteiger partial charge in [-0.15, -0.1) is 0 Å². The molecule has 6 nitrogen and oxygen atoms in total. The lowest BCUT2D eigenvalue weighted by Crippen LogP contribution is -2.52. The Labute approximate surface area is 186 Å². The second-order valence-corrected chi connectivity index (χ2v) is 8.52. The van der Waals surface area contributed by atoms with Crippen LogP contribution in [0.3, 0.4) is 0 Å². The molecule has 164 valence electrons. The van der Waals surface area contributed by atoms with Gasteiger partial charge in [-0.05, 0) is 35.2 Å². The maximum Gasteiger partial charge on any atom is 0.247 e. The Balaban J connectivity index is 1.36. The minimum absolute atomic E-state index is 0.134. The topological polar surface area (TPSA) is 78.9 Å². The van der Waals surface area contributed by atoms with Crippen molar-refractivity contribution < 1.29 is 19.4 Å². The lowest BCUT2D eigenvalue weighted by molar-refractivity contribution is -0.140. The smallest absolute Gasteiger partial charge is 0.247 e. The summed E-state index contributed by atoms with van der Waals surface area (Å²) < 4.78 is 5.38. The number of hydrogen-bond donors (Lipinski definition) is 2. The Bertz CT molecular complexity index is 1170. The first-order valence-electron chi connectivity index (χ1n) is 11.0. The Morgan fingerprint density at radius 2 is 1.75 bits per heavy atom. The lowest BCUT2D eigenvalue weighted by Gasteiger charge is -2.34. The van der Waals surface area contributed by atoms with Crippen LogP contribution in [-0.4, -0.2) is 41.0 Å². The molecule has 5 rings (SSSR count). The zero-order chi connectivity index (χ0) is 22.2. The summed E-state index contributed by atoms with van der Waals surface area (Å²) in [6.07, 6.45) is 0.328. The van der Waals surface area contributed by atoms with E-state index in [1.54, 1.807) is 13.2 Å². The molecule has 2 fully saturated rings. The number of aliphatic hydroxyl groups excluding tert-OH is 1. The largest absolute Gasteiger partial charge is 0.496 e. The van der Waals surface area contributed by atoms with Crippen molar-refractivity contribution in [2.75, 3.05) is 7.11 Å². The number of amides is 2. The Morgan fingerprint density at radius 3 is 2.59 bits per heavy atom. The molecule has 0 aromatic heterocycles. The van der Waals surface area contributed by atoms with Crippen molar-refractivity contribution in [3.05, 3.63) is 77.9 Å². The molecule has 0 saturated carbocycles. The molecular weight excluding hydrogens is 404 g/mol. The number of methoxy groups -OCH3 is 1. The van der Waals surface area contributed by atoms with Gasteiger partial charge in [-0.25, -0.2) is 0 Å². The molecule has 0 radical (unpaired) electrons. The molecule has 2 aliphatic rings. The van der Waals surface area contributed by atoms with Crippen LogP contribution >= 0.6 is 0 Å². The first-order chi connectivity index (χ1) is 15.6. The fraction of sp³-hybridized carbons (Fsp3) is 0.308. The average Bonchev–Trinajstić information content (AvgIpc) is 3.08. The van der Waals surface area contributed by atoms with Crippen LogP contribution in [0.25, 0.3) is 10.8 Å². The van der Waals surface area contributed by atoms with E-state index in [2.05, 4.69) is 5.32 Å². The van der Waals surface area contributed by atoms with Crippen molar-refractivity contribution >= 4 is 22.6 Å². The molecule has 32 heavy (non-hydrogen) atoms. The van der Waals surface area contributed by atoms with Crippen molar-refractivity contribution in [1.82, 2.24) is 10.2 Å². The number of carbonyl (C=O) groups excluding carboxylic acids is 2. The monoisotopic (exact) mass is 430 g/mol. The molecule has 2 N–H and O–H groups in total. The van der Waals surface area contributed by atoms with Crippen LogP contribution in [-0.2, 0) is 16.1 Å². The Hall–Kier alpha value is -3.22. The fourth-order valence-corrected chi connectivity index (χ4v) is 5.08. The van der Waals surface area contributed by atoms with Gasteiger partial charge in [0, 0.05) is 11.6 Å². The van der Waals surface area contributed by atoms with Crippen molar-refractivity contribution in [3.63, 3.8) is 0 Å². The van der Waals surface area contributed by atoms with Crippen molar-refractivity contribution in [3.8, 4) is 5.75 Å². The summed E-state index contributed by atoms with van der Waals surface area (Å²) >= 11 is 0. The highest BCUT2D eigenvalue weighted by molar-refractivity contribution is 6.07. The number of rotatable bonds is 5.